The van der Waals surface area contributed by atoms with Crippen LogP contribution in [-0.4, -0.2) is 10.8 Å². The number of hydrogen-bond acceptors (Lipinski definition) is 5. The van der Waals surface area contributed by atoms with Gasteiger partial charge in [-0.3, -0.25) is 14.9 Å². The lowest BCUT2D eigenvalue weighted by molar-refractivity contribution is -0.380. The predicted octanol–water partition coefficient (Wildman–Crippen LogP) is 0.532. The molecule has 1 aromatic heterocycles. The Kier molecular flexibility index (Phi) is 3.15. The SMILES string of the molecule is NC(=O)CC(N)c1csc([N+](=O)[O-])c1. The maximum absolute atomic E-state index is 10.5. The van der Waals surface area contributed by atoms with Crippen LogP contribution in [-0.2, 0) is 4.79 Å². The monoisotopic (exact) mass is 215 g/mol. The fourth-order valence-corrected chi connectivity index (χ4v) is 1.75. The van der Waals surface area contributed by atoms with Crippen molar-refractivity contribution < 1.29 is 9.72 Å². The van der Waals surface area contributed by atoms with Gasteiger partial charge in [0, 0.05) is 23.9 Å². The first kappa shape index (κ1) is 10.6. The summed E-state index contributed by atoms with van der Waals surface area (Å²) in [6.45, 7) is 0. The lowest BCUT2D eigenvalue weighted by atomic mass is 10.1. The zero-order chi connectivity index (χ0) is 10.7. The van der Waals surface area contributed by atoms with Crippen molar-refractivity contribution in [1.82, 2.24) is 0 Å². The van der Waals surface area contributed by atoms with E-state index in [0.717, 1.165) is 11.3 Å². The van der Waals surface area contributed by atoms with E-state index in [0.29, 0.717) is 5.56 Å². The molecule has 1 amide bonds. The van der Waals surface area contributed by atoms with Gasteiger partial charge in [-0.1, -0.05) is 11.3 Å². The van der Waals surface area contributed by atoms with E-state index in [2.05, 4.69) is 0 Å². The Labute approximate surface area is 83.7 Å². The number of carbonyl (C=O) groups is 1. The topological polar surface area (TPSA) is 112 Å². The first-order valence-corrected chi connectivity index (χ1v) is 4.65. The highest BCUT2D eigenvalue weighted by Gasteiger charge is 2.15. The number of primary amides is 1. The second-order valence-corrected chi connectivity index (χ2v) is 3.64. The van der Waals surface area contributed by atoms with Crippen LogP contribution in [0.3, 0.4) is 0 Å². The fourth-order valence-electron chi connectivity index (χ4n) is 0.964. The molecule has 4 N–H and O–H groups in total. The Bertz CT molecular complexity index is 363. The normalized spacial score (nSPS) is 12.4. The van der Waals surface area contributed by atoms with Crippen LogP contribution in [0.1, 0.15) is 18.0 Å². The molecule has 1 heterocycles. The van der Waals surface area contributed by atoms with Crippen molar-refractivity contribution in [3.63, 3.8) is 0 Å². The molecule has 1 unspecified atom stereocenters. The van der Waals surface area contributed by atoms with Crippen LogP contribution in [0, 0.1) is 10.1 Å². The molecule has 0 fully saturated rings. The molecule has 1 rings (SSSR count). The third-order valence-corrected chi connectivity index (χ3v) is 2.53. The quantitative estimate of drug-likeness (QED) is 0.563. The van der Waals surface area contributed by atoms with E-state index in [-0.39, 0.29) is 11.4 Å². The first-order chi connectivity index (χ1) is 6.50. The minimum atomic E-state index is -0.558. The molecule has 0 aliphatic rings. The fraction of sp³-hybridized carbons (Fsp3) is 0.286. The molecule has 1 atom stereocenters. The zero-order valence-corrected chi connectivity index (χ0v) is 7.99. The molecule has 7 heteroatoms. The van der Waals surface area contributed by atoms with Crippen molar-refractivity contribution in [2.24, 2.45) is 11.5 Å². The molecule has 0 aliphatic heterocycles. The largest absolute Gasteiger partial charge is 0.370 e. The summed E-state index contributed by atoms with van der Waals surface area (Å²) >= 11 is 0.982. The van der Waals surface area contributed by atoms with E-state index >= 15 is 0 Å². The van der Waals surface area contributed by atoms with Gasteiger partial charge in [0.2, 0.25) is 5.91 Å². The lowest BCUT2D eigenvalue weighted by Gasteiger charge is -2.04. The standard InChI is InChI=1S/C7H9N3O3S/c8-5(2-6(9)11)4-1-7(10(12)13)14-3-4/h1,3,5H,2,8H2,(H2,9,11). The molecule has 0 spiro atoms. The average molecular weight is 215 g/mol. The minimum absolute atomic E-state index is 0.00606. The predicted molar refractivity (Wildman–Crippen MR) is 51.7 cm³/mol. The van der Waals surface area contributed by atoms with E-state index in [1.807, 2.05) is 0 Å². The summed E-state index contributed by atoms with van der Waals surface area (Å²) in [5.74, 6) is -0.522. The van der Waals surface area contributed by atoms with Crippen molar-refractivity contribution in [2.75, 3.05) is 0 Å². The Morgan fingerprint density at radius 2 is 2.36 bits per heavy atom. The minimum Gasteiger partial charge on any atom is -0.370 e. The molecule has 0 aliphatic carbocycles. The van der Waals surface area contributed by atoms with Crippen LogP contribution in [0.15, 0.2) is 11.4 Å². The van der Waals surface area contributed by atoms with Crippen molar-refractivity contribution in [2.45, 2.75) is 12.5 Å². The van der Waals surface area contributed by atoms with Crippen LogP contribution in [0.25, 0.3) is 0 Å². The van der Waals surface area contributed by atoms with E-state index in [4.69, 9.17) is 11.5 Å². The van der Waals surface area contributed by atoms with Crippen molar-refractivity contribution in [1.29, 1.82) is 0 Å². The second kappa shape index (κ2) is 4.16. The van der Waals surface area contributed by atoms with Gasteiger partial charge < -0.3 is 11.5 Å². The van der Waals surface area contributed by atoms with Gasteiger partial charge in [0.15, 0.2) is 0 Å². The molecule has 0 radical (unpaired) electrons. The summed E-state index contributed by atoms with van der Waals surface area (Å²) < 4.78 is 0. The van der Waals surface area contributed by atoms with Gasteiger partial charge in [-0.15, -0.1) is 0 Å². The number of rotatable bonds is 4. The molecule has 0 saturated carbocycles. The molecule has 0 saturated heterocycles. The van der Waals surface area contributed by atoms with Gasteiger partial charge in [-0.25, -0.2) is 0 Å². The number of nitrogens with zero attached hydrogens (tertiary/aromatic N) is 1. The van der Waals surface area contributed by atoms with Crippen molar-refractivity contribution in [3.05, 3.63) is 27.1 Å². The summed E-state index contributed by atoms with van der Waals surface area (Å²) in [7, 11) is 0. The smallest absolute Gasteiger partial charge is 0.324 e. The summed E-state index contributed by atoms with van der Waals surface area (Å²) in [5, 5.41) is 11.9. The highest BCUT2D eigenvalue weighted by Crippen LogP contribution is 2.26. The Balaban J connectivity index is 2.76. The van der Waals surface area contributed by atoms with Crippen LogP contribution < -0.4 is 11.5 Å². The van der Waals surface area contributed by atoms with Gasteiger partial charge in [0.05, 0.1) is 4.92 Å². The Hall–Kier alpha value is -1.47. The highest BCUT2D eigenvalue weighted by atomic mass is 32.1. The van der Waals surface area contributed by atoms with Gasteiger partial charge >= 0.3 is 5.00 Å². The van der Waals surface area contributed by atoms with Crippen LogP contribution in [0.2, 0.25) is 0 Å². The van der Waals surface area contributed by atoms with Crippen molar-refractivity contribution >= 4 is 22.2 Å². The summed E-state index contributed by atoms with van der Waals surface area (Å²) in [5.41, 5.74) is 11.1. The maximum Gasteiger partial charge on any atom is 0.324 e. The van der Waals surface area contributed by atoms with Crippen LogP contribution in [0.4, 0.5) is 5.00 Å². The van der Waals surface area contributed by atoms with E-state index < -0.39 is 16.9 Å². The van der Waals surface area contributed by atoms with Gasteiger partial charge in [-0.05, 0) is 5.56 Å². The number of thiophene rings is 1. The van der Waals surface area contributed by atoms with Gasteiger partial charge in [-0.2, -0.15) is 0 Å². The third kappa shape index (κ3) is 2.51. The second-order valence-electron chi connectivity index (χ2n) is 2.75. The molecule has 76 valence electrons. The summed E-state index contributed by atoms with van der Waals surface area (Å²) in [4.78, 5) is 20.4. The van der Waals surface area contributed by atoms with E-state index in [1.165, 1.54) is 6.07 Å². The number of hydrogen-bond donors (Lipinski definition) is 2. The van der Waals surface area contributed by atoms with Crippen LogP contribution >= 0.6 is 11.3 Å². The Morgan fingerprint density at radius 1 is 1.71 bits per heavy atom. The number of amides is 1. The number of carbonyl (C=O) groups excluding carboxylic acids is 1. The molecule has 0 bridgehead atoms. The van der Waals surface area contributed by atoms with Crippen molar-refractivity contribution in [3.8, 4) is 0 Å². The molecular formula is C7H9N3O3S. The molecule has 6 nitrogen and oxygen atoms in total. The number of nitro groups is 1. The van der Waals surface area contributed by atoms with Gasteiger partial charge in [0.25, 0.3) is 0 Å². The molecular weight excluding hydrogens is 206 g/mol. The van der Waals surface area contributed by atoms with E-state index in [1.54, 1.807) is 5.38 Å². The average Bonchev–Trinajstić information content (AvgIpc) is 2.50. The van der Waals surface area contributed by atoms with E-state index in [9.17, 15) is 14.9 Å². The summed E-state index contributed by atoms with van der Waals surface area (Å²) in [6.07, 6.45) is -0.00606. The third-order valence-electron chi connectivity index (χ3n) is 1.64. The first-order valence-electron chi connectivity index (χ1n) is 3.77. The molecule has 14 heavy (non-hydrogen) atoms. The zero-order valence-electron chi connectivity index (χ0n) is 7.17. The summed E-state index contributed by atoms with van der Waals surface area (Å²) in [6, 6.07) is 0.801. The maximum atomic E-state index is 10.5. The lowest BCUT2D eigenvalue weighted by Crippen LogP contribution is -2.20. The molecule has 1 aromatic rings. The van der Waals surface area contributed by atoms with Gasteiger partial charge in [0.1, 0.15) is 0 Å². The molecule has 0 aromatic carbocycles. The highest BCUT2D eigenvalue weighted by molar-refractivity contribution is 7.13. The van der Waals surface area contributed by atoms with Crippen LogP contribution in [0.5, 0.6) is 0 Å². The number of nitrogens with two attached hydrogens (primary N) is 2. The Morgan fingerprint density at radius 3 is 2.79 bits per heavy atom.